The van der Waals surface area contributed by atoms with Crippen LogP contribution in [-0.4, -0.2) is 50.1 Å². The third-order valence-corrected chi connectivity index (χ3v) is 5.72. The molecule has 0 aromatic heterocycles. The van der Waals surface area contributed by atoms with E-state index in [1.165, 1.54) is 10.5 Å². The Labute approximate surface area is 176 Å². The number of methoxy groups -OCH3 is 2. The zero-order valence-corrected chi connectivity index (χ0v) is 17.5. The van der Waals surface area contributed by atoms with E-state index in [9.17, 15) is 9.59 Å². The molecule has 2 amide bonds. The second kappa shape index (κ2) is 8.36. The summed E-state index contributed by atoms with van der Waals surface area (Å²) in [5.41, 5.74) is 2.78. The van der Waals surface area contributed by atoms with Crippen molar-refractivity contribution in [2.75, 3.05) is 32.3 Å². The molecule has 2 aromatic carbocycles. The summed E-state index contributed by atoms with van der Waals surface area (Å²) in [6, 6.07) is 10.7. The van der Waals surface area contributed by atoms with Crippen molar-refractivity contribution in [2.45, 2.75) is 32.4 Å². The van der Waals surface area contributed by atoms with Gasteiger partial charge in [-0.1, -0.05) is 12.1 Å². The third-order valence-electron chi connectivity index (χ3n) is 5.72. The Morgan fingerprint density at radius 1 is 1.00 bits per heavy atom. The van der Waals surface area contributed by atoms with E-state index in [-0.39, 0.29) is 18.2 Å². The van der Waals surface area contributed by atoms with Gasteiger partial charge in [-0.2, -0.15) is 0 Å². The highest BCUT2D eigenvalue weighted by Gasteiger charge is 2.44. The van der Waals surface area contributed by atoms with Gasteiger partial charge in [0.15, 0.2) is 11.5 Å². The van der Waals surface area contributed by atoms with Crippen LogP contribution in [0.3, 0.4) is 0 Å². The van der Waals surface area contributed by atoms with Crippen LogP contribution in [-0.2, 0) is 22.6 Å². The number of para-hydroxylation sites is 2. The Morgan fingerprint density at radius 3 is 2.40 bits per heavy atom. The van der Waals surface area contributed by atoms with Gasteiger partial charge in [-0.25, -0.2) is 4.90 Å². The van der Waals surface area contributed by atoms with Crippen LogP contribution in [0.1, 0.15) is 24.5 Å². The van der Waals surface area contributed by atoms with Crippen molar-refractivity contribution < 1.29 is 23.8 Å². The predicted octanol–water partition coefficient (Wildman–Crippen LogP) is 2.79. The summed E-state index contributed by atoms with van der Waals surface area (Å²) in [6.45, 7) is 3.62. The summed E-state index contributed by atoms with van der Waals surface area (Å²) in [6.07, 6.45) is 0.950. The molecule has 0 radical (unpaired) electrons. The lowest BCUT2D eigenvalue weighted by molar-refractivity contribution is -0.123. The fourth-order valence-electron chi connectivity index (χ4n) is 4.24. The molecule has 0 N–H and O–H groups in total. The number of imide groups is 1. The van der Waals surface area contributed by atoms with Crippen molar-refractivity contribution in [1.82, 2.24) is 4.90 Å². The molecular weight excluding hydrogens is 384 g/mol. The second-order valence-corrected chi connectivity index (χ2v) is 7.38. The quantitative estimate of drug-likeness (QED) is 0.683. The monoisotopic (exact) mass is 410 g/mol. The first-order chi connectivity index (χ1) is 14.6. The van der Waals surface area contributed by atoms with Crippen LogP contribution in [0.2, 0.25) is 0 Å². The van der Waals surface area contributed by atoms with Crippen LogP contribution in [0.25, 0.3) is 0 Å². The van der Waals surface area contributed by atoms with Crippen LogP contribution in [0.4, 0.5) is 5.69 Å². The van der Waals surface area contributed by atoms with Crippen molar-refractivity contribution in [2.24, 2.45) is 0 Å². The van der Waals surface area contributed by atoms with Gasteiger partial charge in [0, 0.05) is 13.1 Å². The fourth-order valence-corrected chi connectivity index (χ4v) is 4.24. The number of fused-ring (bicyclic) bond motifs is 1. The SMILES string of the molecule is CCOc1ccccc1N1C(=O)C[C@@H](N2CCc3cc(OC)c(OC)cc3C2)C1=O. The highest BCUT2D eigenvalue weighted by Crippen LogP contribution is 2.37. The molecule has 2 aliphatic rings. The van der Waals surface area contributed by atoms with E-state index >= 15 is 0 Å². The summed E-state index contributed by atoms with van der Waals surface area (Å²) in [5, 5.41) is 0. The lowest BCUT2D eigenvalue weighted by Gasteiger charge is -2.32. The molecule has 0 aliphatic carbocycles. The number of carbonyl (C=O) groups excluding carboxylic acids is 2. The number of benzene rings is 2. The largest absolute Gasteiger partial charge is 0.493 e. The Kier molecular flexibility index (Phi) is 5.63. The number of hydrogen-bond donors (Lipinski definition) is 0. The summed E-state index contributed by atoms with van der Waals surface area (Å²) >= 11 is 0. The van der Waals surface area contributed by atoms with E-state index in [0.29, 0.717) is 42.6 Å². The standard InChI is InChI=1S/C23H26N2O5/c1-4-30-19-8-6-5-7-17(19)25-22(26)13-18(23(25)27)24-10-9-15-11-20(28-2)21(29-3)12-16(15)14-24/h5-8,11-12,18H,4,9-10,13-14H2,1-3H3/t18-/m1/s1. The smallest absolute Gasteiger partial charge is 0.251 e. The molecule has 0 unspecified atom stereocenters. The summed E-state index contributed by atoms with van der Waals surface area (Å²) < 4.78 is 16.5. The summed E-state index contributed by atoms with van der Waals surface area (Å²) in [7, 11) is 3.23. The molecule has 0 bridgehead atoms. The zero-order valence-electron chi connectivity index (χ0n) is 17.5. The van der Waals surface area contributed by atoms with Gasteiger partial charge in [0.2, 0.25) is 5.91 Å². The number of ether oxygens (including phenoxy) is 3. The van der Waals surface area contributed by atoms with Gasteiger partial charge in [0.05, 0.1) is 39.0 Å². The Morgan fingerprint density at radius 2 is 1.70 bits per heavy atom. The molecule has 4 rings (SSSR count). The van der Waals surface area contributed by atoms with E-state index in [1.807, 2.05) is 31.2 Å². The van der Waals surface area contributed by atoms with Gasteiger partial charge in [0.25, 0.3) is 5.91 Å². The van der Waals surface area contributed by atoms with Crippen molar-refractivity contribution in [3.63, 3.8) is 0 Å². The number of amides is 2. The van der Waals surface area contributed by atoms with Crippen molar-refractivity contribution in [3.05, 3.63) is 47.5 Å². The molecule has 2 aromatic rings. The molecule has 0 spiro atoms. The minimum absolute atomic E-state index is 0.169. The van der Waals surface area contributed by atoms with Gasteiger partial charge in [-0.05, 0) is 48.7 Å². The normalized spacial score (nSPS) is 19.0. The molecule has 2 aliphatic heterocycles. The minimum atomic E-state index is -0.478. The molecule has 7 heteroatoms. The van der Waals surface area contributed by atoms with Crippen molar-refractivity contribution >= 4 is 17.5 Å². The first-order valence-corrected chi connectivity index (χ1v) is 10.1. The maximum Gasteiger partial charge on any atom is 0.251 e. The highest BCUT2D eigenvalue weighted by atomic mass is 16.5. The van der Waals surface area contributed by atoms with E-state index in [2.05, 4.69) is 4.90 Å². The molecule has 1 saturated heterocycles. The van der Waals surface area contributed by atoms with E-state index < -0.39 is 6.04 Å². The van der Waals surface area contributed by atoms with Crippen LogP contribution in [0.5, 0.6) is 17.2 Å². The average molecular weight is 410 g/mol. The first kappa shape index (κ1) is 20.2. The summed E-state index contributed by atoms with van der Waals surface area (Å²) in [5.74, 6) is 1.52. The predicted molar refractivity (Wildman–Crippen MR) is 112 cm³/mol. The van der Waals surface area contributed by atoms with Gasteiger partial charge in [-0.15, -0.1) is 0 Å². The van der Waals surface area contributed by atoms with Crippen LogP contribution in [0, 0.1) is 0 Å². The number of rotatable bonds is 6. The number of hydrogen-bond acceptors (Lipinski definition) is 6. The van der Waals surface area contributed by atoms with Crippen LogP contribution in [0.15, 0.2) is 36.4 Å². The third kappa shape index (κ3) is 3.50. The van der Waals surface area contributed by atoms with Crippen LogP contribution >= 0.6 is 0 Å². The number of carbonyl (C=O) groups is 2. The average Bonchev–Trinajstić information content (AvgIpc) is 3.06. The van der Waals surface area contributed by atoms with E-state index in [0.717, 1.165) is 12.0 Å². The molecule has 2 heterocycles. The molecule has 1 atom stereocenters. The molecule has 0 saturated carbocycles. The maximum atomic E-state index is 13.3. The van der Waals surface area contributed by atoms with Gasteiger partial charge >= 0.3 is 0 Å². The molecule has 158 valence electrons. The molecule has 7 nitrogen and oxygen atoms in total. The van der Waals surface area contributed by atoms with Crippen molar-refractivity contribution in [1.29, 1.82) is 0 Å². The van der Waals surface area contributed by atoms with Crippen LogP contribution < -0.4 is 19.1 Å². The lowest BCUT2D eigenvalue weighted by Crippen LogP contribution is -2.44. The lowest BCUT2D eigenvalue weighted by atomic mass is 9.97. The van der Waals surface area contributed by atoms with E-state index in [1.54, 1.807) is 26.4 Å². The Bertz CT molecular complexity index is 974. The number of nitrogens with zero attached hydrogens (tertiary/aromatic N) is 2. The zero-order chi connectivity index (χ0) is 21.3. The Hall–Kier alpha value is -3.06. The first-order valence-electron chi connectivity index (χ1n) is 10.1. The van der Waals surface area contributed by atoms with Gasteiger partial charge in [0.1, 0.15) is 5.75 Å². The molecule has 1 fully saturated rings. The Balaban J connectivity index is 1.58. The maximum absolute atomic E-state index is 13.3. The second-order valence-electron chi connectivity index (χ2n) is 7.38. The topological polar surface area (TPSA) is 68.3 Å². The highest BCUT2D eigenvalue weighted by molar-refractivity contribution is 6.23. The fraction of sp³-hybridized carbons (Fsp3) is 0.391. The van der Waals surface area contributed by atoms with Gasteiger partial charge < -0.3 is 14.2 Å². The molecule has 30 heavy (non-hydrogen) atoms. The van der Waals surface area contributed by atoms with Crippen molar-refractivity contribution in [3.8, 4) is 17.2 Å². The summed E-state index contributed by atoms with van der Waals surface area (Å²) in [4.78, 5) is 29.4. The molecular formula is C23H26N2O5. The van der Waals surface area contributed by atoms with E-state index in [4.69, 9.17) is 14.2 Å². The van der Waals surface area contributed by atoms with Gasteiger partial charge in [-0.3, -0.25) is 14.5 Å². The minimum Gasteiger partial charge on any atom is -0.493 e. The number of anilines is 1.